The summed E-state index contributed by atoms with van der Waals surface area (Å²) in [7, 11) is 0. The van der Waals surface area contributed by atoms with Gasteiger partial charge in [0.25, 0.3) is 0 Å². The van der Waals surface area contributed by atoms with Gasteiger partial charge in [0.15, 0.2) is 23.6 Å². The maximum absolute atomic E-state index is 13.7. The molecule has 0 radical (unpaired) electrons. The monoisotopic (exact) mass is 466 g/mol. The van der Waals surface area contributed by atoms with Gasteiger partial charge in [0, 0.05) is 29.1 Å². The second kappa shape index (κ2) is 8.05. The van der Waals surface area contributed by atoms with Gasteiger partial charge in [-0.05, 0) is 0 Å². The molecule has 2 nitrogen and oxygen atoms in total. The van der Waals surface area contributed by atoms with Crippen molar-refractivity contribution in [2.24, 2.45) is 0 Å². The van der Waals surface area contributed by atoms with E-state index in [1.54, 1.807) is 0 Å². The largest absolute Gasteiger partial charge is 0.422 e. The van der Waals surface area contributed by atoms with E-state index in [1.807, 2.05) is 0 Å². The standard InChI is InChI=1S/C12H6F12O2.Fe/c13-7-4(2(25)1-3(26)10(16,17)18)5(11(19,20)21)8(14)6(9(7)15)12(22,23)24;/h2-3,25-26H,1H2;. The van der Waals surface area contributed by atoms with Gasteiger partial charge in [-0.2, -0.15) is 39.5 Å². The second-order valence-electron chi connectivity index (χ2n) is 4.91. The average molecular weight is 466 g/mol. The molecule has 0 saturated heterocycles. The quantitative estimate of drug-likeness (QED) is 0.392. The fourth-order valence-electron chi connectivity index (χ4n) is 1.98. The van der Waals surface area contributed by atoms with Crippen molar-refractivity contribution in [3.8, 4) is 0 Å². The Morgan fingerprint density at radius 3 is 1.41 bits per heavy atom. The van der Waals surface area contributed by atoms with Gasteiger partial charge in [-0.15, -0.1) is 0 Å². The summed E-state index contributed by atoms with van der Waals surface area (Å²) in [6.07, 6.45) is -26.8. The minimum Gasteiger partial charge on any atom is -0.388 e. The SMILES string of the molecule is OC(CC(O)C(F)(F)F)c1c(F)c(F)c(C(F)(F)F)c(F)c1C(F)(F)F.[Fe]. The Morgan fingerprint density at radius 2 is 1.07 bits per heavy atom. The number of aliphatic hydroxyl groups excluding tert-OH is 2. The van der Waals surface area contributed by atoms with Crippen molar-refractivity contribution in [2.75, 3.05) is 0 Å². The smallest absolute Gasteiger partial charge is 0.388 e. The molecule has 2 unspecified atom stereocenters. The van der Waals surface area contributed by atoms with Crippen LogP contribution in [-0.2, 0) is 29.4 Å². The predicted octanol–water partition coefficient (Wildman–Crippen LogP) is 4.49. The Labute approximate surface area is 152 Å². The zero-order valence-corrected chi connectivity index (χ0v) is 13.2. The van der Waals surface area contributed by atoms with E-state index in [4.69, 9.17) is 5.11 Å². The summed E-state index contributed by atoms with van der Waals surface area (Å²) in [5, 5.41) is 18.0. The van der Waals surface area contributed by atoms with E-state index in [1.165, 1.54) is 0 Å². The van der Waals surface area contributed by atoms with E-state index in [0.29, 0.717) is 0 Å². The van der Waals surface area contributed by atoms with E-state index in [9.17, 15) is 57.8 Å². The van der Waals surface area contributed by atoms with E-state index < -0.39 is 71.3 Å². The molecule has 0 aliphatic carbocycles. The first-order valence-corrected chi connectivity index (χ1v) is 6.18. The fourth-order valence-corrected chi connectivity index (χ4v) is 1.98. The molecule has 0 bridgehead atoms. The van der Waals surface area contributed by atoms with Crippen LogP contribution in [0.1, 0.15) is 29.2 Å². The maximum atomic E-state index is 13.7. The number of aliphatic hydroxyl groups is 2. The first-order valence-electron chi connectivity index (χ1n) is 6.18. The predicted molar refractivity (Wildman–Crippen MR) is 58.0 cm³/mol. The number of halogens is 12. The Hall–Kier alpha value is -1.18. The molecule has 1 aromatic rings. The summed E-state index contributed by atoms with van der Waals surface area (Å²) >= 11 is 0. The first-order chi connectivity index (χ1) is 11.4. The third-order valence-electron chi connectivity index (χ3n) is 3.08. The molecule has 0 aliphatic rings. The van der Waals surface area contributed by atoms with E-state index in [-0.39, 0.29) is 17.1 Å². The average Bonchev–Trinajstić information content (AvgIpc) is 2.38. The number of hydrogen-bond donors (Lipinski definition) is 2. The minimum absolute atomic E-state index is 0. The third-order valence-corrected chi connectivity index (χ3v) is 3.08. The Bertz CT molecular complexity index is 679. The van der Waals surface area contributed by atoms with Crippen molar-refractivity contribution in [1.29, 1.82) is 0 Å². The second-order valence-corrected chi connectivity index (χ2v) is 4.91. The van der Waals surface area contributed by atoms with Crippen LogP contribution < -0.4 is 0 Å². The van der Waals surface area contributed by atoms with Crippen molar-refractivity contribution in [2.45, 2.75) is 37.2 Å². The van der Waals surface area contributed by atoms with E-state index >= 15 is 0 Å². The van der Waals surface area contributed by atoms with Gasteiger partial charge in [0.1, 0.15) is 11.1 Å². The normalized spacial score (nSPS) is 15.3. The molecule has 15 heteroatoms. The van der Waals surface area contributed by atoms with Gasteiger partial charge >= 0.3 is 18.5 Å². The van der Waals surface area contributed by atoms with Crippen LogP contribution in [-0.4, -0.2) is 22.5 Å². The van der Waals surface area contributed by atoms with Crippen molar-refractivity contribution in [1.82, 2.24) is 0 Å². The summed E-state index contributed by atoms with van der Waals surface area (Å²) in [4.78, 5) is 0. The molecule has 27 heavy (non-hydrogen) atoms. The summed E-state index contributed by atoms with van der Waals surface area (Å²) in [5.41, 5.74) is -8.93. The van der Waals surface area contributed by atoms with Crippen LogP contribution in [0.4, 0.5) is 52.7 Å². The number of benzene rings is 1. The zero-order chi connectivity index (χ0) is 20.8. The van der Waals surface area contributed by atoms with Crippen molar-refractivity contribution in [3.05, 3.63) is 34.1 Å². The zero-order valence-electron chi connectivity index (χ0n) is 12.1. The van der Waals surface area contributed by atoms with Crippen molar-refractivity contribution in [3.63, 3.8) is 0 Å². The summed E-state index contributed by atoms with van der Waals surface area (Å²) < 4.78 is 153. The van der Waals surface area contributed by atoms with Crippen LogP contribution in [0.5, 0.6) is 0 Å². The molecule has 1 aromatic carbocycles. The van der Waals surface area contributed by atoms with Crippen molar-refractivity contribution >= 4 is 0 Å². The summed E-state index contributed by atoms with van der Waals surface area (Å²) in [5.74, 6) is -9.59. The maximum Gasteiger partial charge on any atom is 0.422 e. The van der Waals surface area contributed by atoms with E-state index in [2.05, 4.69) is 0 Å². The van der Waals surface area contributed by atoms with Gasteiger partial charge in [0.05, 0.1) is 6.10 Å². The summed E-state index contributed by atoms with van der Waals surface area (Å²) in [6.45, 7) is 0. The first kappa shape index (κ1) is 25.8. The Balaban J connectivity index is 0.00000676. The van der Waals surface area contributed by atoms with Gasteiger partial charge in [-0.3, -0.25) is 0 Å². The molecule has 0 fully saturated rings. The number of rotatable bonds is 3. The molecule has 0 aliphatic heterocycles. The summed E-state index contributed by atoms with van der Waals surface area (Å²) in [6, 6.07) is 0. The molecule has 1 rings (SSSR count). The van der Waals surface area contributed by atoms with Gasteiger partial charge in [-0.25, -0.2) is 13.2 Å². The molecule has 0 spiro atoms. The number of alkyl halides is 9. The molecule has 0 aromatic heterocycles. The number of hydrogen-bond acceptors (Lipinski definition) is 2. The van der Waals surface area contributed by atoms with E-state index in [0.717, 1.165) is 0 Å². The van der Waals surface area contributed by atoms with Crippen LogP contribution in [0.3, 0.4) is 0 Å². The molecule has 0 saturated carbocycles. The van der Waals surface area contributed by atoms with Crippen LogP contribution in [0.2, 0.25) is 0 Å². The van der Waals surface area contributed by atoms with Crippen LogP contribution in [0.25, 0.3) is 0 Å². The molecule has 0 heterocycles. The molecule has 2 atom stereocenters. The third kappa shape index (κ3) is 5.42. The van der Waals surface area contributed by atoms with Crippen LogP contribution in [0, 0.1) is 17.5 Å². The molecular weight excluding hydrogens is 460 g/mol. The van der Waals surface area contributed by atoms with Gasteiger partial charge < -0.3 is 10.2 Å². The Kier molecular flexibility index (Phi) is 7.70. The molecule has 158 valence electrons. The van der Waals surface area contributed by atoms with Crippen LogP contribution in [0.15, 0.2) is 0 Å². The van der Waals surface area contributed by atoms with Gasteiger partial charge in [-0.1, -0.05) is 0 Å². The van der Waals surface area contributed by atoms with Crippen LogP contribution >= 0.6 is 0 Å². The topological polar surface area (TPSA) is 40.5 Å². The minimum atomic E-state index is -6.14. The van der Waals surface area contributed by atoms with Crippen molar-refractivity contribution < 1.29 is 80.0 Å². The molecule has 2 N–H and O–H groups in total. The Morgan fingerprint density at radius 1 is 0.667 bits per heavy atom. The fraction of sp³-hybridized carbons (Fsp3) is 0.500. The molecular formula is C12H6F12FeO2. The molecule has 0 amide bonds. The van der Waals surface area contributed by atoms with Gasteiger partial charge in [0.2, 0.25) is 0 Å².